The van der Waals surface area contributed by atoms with Gasteiger partial charge in [0.2, 0.25) is 6.79 Å². The number of fused-ring (bicyclic) bond motifs is 2. The predicted octanol–water partition coefficient (Wildman–Crippen LogP) is 3.54. The first kappa shape index (κ1) is 18.4. The molecule has 3 heterocycles. The Hall–Kier alpha value is -3.59. The number of aromatic nitrogens is 3. The van der Waals surface area contributed by atoms with Gasteiger partial charge in [0.1, 0.15) is 12.3 Å². The fourth-order valence-electron chi connectivity index (χ4n) is 3.18. The third kappa shape index (κ3) is 3.33. The summed E-state index contributed by atoms with van der Waals surface area (Å²) < 4.78 is 18.0. The SMILES string of the molecule is O=C(OCc1cc(Br)c2c(c1)OCO2)c1cc2nc(-c3ccccc3)cc(=O)n2[nH]1. The standard InChI is InChI=1S/C21H14BrN3O5/c22-14-6-12(7-17-20(14)30-11-29-17)10-28-21(27)16-8-18-23-15(9-19(26)25(18)24-16)13-4-2-1-3-5-13/h1-9,24H,10-11H2. The summed E-state index contributed by atoms with van der Waals surface area (Å²) >= 11 is 3.41. The fraction of sp³-hybridized carbons (Fsp3) is 0.0952. The van der Waals surface area contributed by atoms with E-state index in [0.29, 0.717) is 22.8 Å². The van der Waals surface area contributed by atoms with E-state index in [-0.39, 0.29) is 24.7 Å². The molecule has 150 valence electrons. The van der Waals surface area contributed by atoms with Crippen LogP contribution >= 0.6 is 15.9 Å². The number of esters is 1. The molecule has 0 saturated heterocycles. The van der Waals surface area contributed by atoms with Gasteiger partial charge < -0.3 is 14.2 Å². The van der Waals surface area contributed by atoms with E-state index in [1.54, 1.807) is 12.1 Å². The molecule has 0 unspecified atom stereocenters. The Kier molecular flexibility index (Phi) is 4.51. The summed E-state index contributed by atoms with van der Waals surface area (Å²) in [4.78, 5) is 29.4. The number of nitrogens with zero attached hydrogens (tertiary/aromatic N) is 2. The minimum absolute atomic E-state index is 0.0288. The molecule has 1 aliphatic heterocycles. The molecule has 0 fully saturated rings. The van der Waals surface area contributed by atoms with Crippen molar-refractivity contribution in [1.82, 2.24) is 14.6 Å². The van der Waals surface area contributed by atoms with E-state index in [4.69, 9.17) is 14.2 Å². The van der Waals surface area contributed by atoms with E-state index in [2.05, 4.69) is 26.0 Å². The molecule has 0 radical (unpaired) electrons. The summed E-state index contributed by atoms with van der Waals surface area (Å²) in [6, 6.07) is 15.8. The van der Waals surface area contributed by atoms with Crippen molar-refractivity contribution in [3.05, 3.63) is 80.7 Å². The topological polar surface area (TPSA) is 94.9 Å². The van der Waals surface area contributed by atoms with Gasteiger partial charge in [0, 0.05) is 17.7 Å². The molecule has 30 heavy (non-hydrogen) atoms. The molecular formula is C21H14BrN3O5. The van der Waals surface area contributed by atoms with Crippen LogP contribution < -0.4 is 15.0 Å². The largest absolute Gasteiger partial charge is 0.456 e. The third-order valence-corrected chi connectivity index (χ3v) is 5.19. The number of carbonyl (C=O) groups excluding carboxylic acids is 1. The van der Waals surface area contributed by atoms with Gasteiger partial charge in [-0.2, -0.15) is 0 Å². The van der Waals surface area contributed by atoms with E-state index in [1.165, 1.54) is 16.6 Å². The Bertz CT molecular complexity index is 1330. The van der Waals surface area contributed by atoms with Crippen LogP contribution in [0.15, 0.2) is 63.9 Å². The van der Waals surface area contributed by atoms with Gasteiger partial charge in [0.15, 0.2) is 17.1 Å². The number of aromatic amines is 1. The molecule has 8 nitrogen and oxygen atoms in total. The van der Waals surface area contributed by atoms with Crippen LogP contribution in [0.4, 0.5) is 0 Å². The van der Waals surface area contributed by atoms with E-state index in [9.17, 15) is 9.59 Å². The van der Waals surface area contributed by atoms with Crippen molar-refractivity contribution >= 4 is 27.5 Å². The molecular weight excluding hydrogens is 454 g/mol. The number of nitrogens with one attached hydrogen (secondary N) is 1. The average molecular weight is 468 g/mol. The van der Waals surface area contributed by atoms with Crippen molar-refractivity contribution in [3.8, 4) is 22.8 Å². The molecule has 0 aliphatic carbocycles. The van der Waals surface area contributed by atoms with E-state index < -0.39 is 5.97 Å². The Morgan fingerprint density at radius 2 is 2.00 bits per heavy atom. The van der Waals surface area contributed by atoms with E-state index in [1.807, 2.05) is 30.3 Å². The second-order valence-electron chi connectivity index (χ2n) is 6.60. The minimum Gasteiger partial charge on any atom is -0.456 e. The predicted molar refractivity (Wildman–Crippen MR) is 111 cm³/mol. The van der Waals surface area contributed by atoms with Gasteiger partial charge in [-0.25, -0.2) is 14.3 Å². The Labute approximate surface area is 178 Å². The maximum absolute atomic E-state index is 12.5. The van der Waals surface area contributed by atoms with E-state index in [0.717, 1.165) is 15.6 Å². The van der Waals surface area contributed by atoms with Gasteiger partial charge in [0.25, 0.3) is 5.56 Å². The molecule has 2 aromatic heterocycles. The molecule has 0 atom stereocenters. The zero-order valence-corrected chi connectivity index (χ0v) is 17.0. The van der Waals surface area contributed by atoms with E-state index >= 15 is 0 Å². The van der Waals surface area contributed by atoms with Gasteiger partial charge in [-0.05, 0) is 33.6 Å². The zero-order valence-electron chi connectivity index (χ0n) is 15.4. The maximum Gasteiger partial charge on any atom is 0.356 e. The number of hydrogen-bond acceptors (Lipinski definition) is 6. The third-order valence-electron chi connectivity index (χ3n) is 4.60. The highest BCUT2D eigenvalue weighted by Gasteiger charge is 2.19. The summed E-state index contributed by atoms with van der Waals surface area (Å²) in [7, 11) is 0. The number of benzene rings is 2. The zero-order chi connectivity index (χ0) is 20.7. The molecule has 4 aromatic rings. The number of ether oxygens (including phenoxy) is 3. The maximum atomic E-state index is 12.5. The van der Waals surface area contributed by atoms with Crippen LogP contribution in [0.5, 0.6) is 11.5 Å². The molecule has 0 amide bonds. The summed E-state index contributed by atoms with van der Waals surface area (Å²) in [5.74, 6) is 0.612. The quantitative estimate of drug-likeness (QED) is 0.461. The Morgan fingerprint density at radius 3 is 2.83 bits per heavy atom. The van der Waals surface area contributed by atoms with Crippen LogP contribution in [-0.2, 0) is 11.3 Å². The lowest BCUT2D eigenvalue weighted by molar-refractivity contribution is 0.0465. The van der Waals surface area contributed by atoms with Crippen molar-refractivity contribution in [2.45, 2.75) is 6.61 Å². The molecule has 0 saturated carbocycles. The lowest BCUT2D eigenvalue weighted by Gasteiger charge is -2.06. The second kappa shape index (κ2) is 7.34. The fourth-order valence-corrected chi connectivity index (χ4v) is 3.79. The lowest BCUT2D eigenvalue weighted by Crippen LogP contribution is -2.15. The van der Waals surface area contributed by atoms with Crippen LogP contribution in [0.2, 0.25) is 0 Å². The first-order valence-electron chi connectivity index (χ1n) is 9.02. The van der Waals surface area contributed by atoms with Crippen LogP contribution in [0.3, 0.4) is 0 Å². The van der Waals surface area contributed by atoms with Gasteiger partial charge in [-0.3, -0.25) is 9.89 Å². The smallest absolute Gasteiger partial charge is 0.356 e. The highest BCUT2D eigenvalue weighted by molar-refractivity contribution is 9.10. The average Bonchev–Trinajstić information content (AvgIpc) is 3.40. The summed E-state index contributed by atoms with van der Waals surface area (Å²) in [6.45, 7) is 0.181. The van der Waals surface area contributed by atoms with Crippen LogP contribution in [0.25, 0.3) is 16.9 Å². The number of H-pyrrole nitrogens is 1. The van der Waals surface area contributed by atoms with Gasteiger partial charge in [0.05, 0.1) is 10.2 Å². The summed E-state index contributed by atoms with van der Waals surface area (Å²) in [6.07, 6.45) is 0. The normalized spacial score (nSPS) is 12.3. The monoisotopic (exact) mass is 467 g/mol. The van der Waals surface area contributed by atoms with Crippen molar-refractivity contribution in [2.75, 3.05) is 6.79 Å². The Balaban J connectivity index is 1.38. The van der Waals surface area contributed by atoms with Crippen molar-refractivity contribution in [2.24, 2.45) is 0 Å². The number of hydrogen-bond donors (Lipinski definition) is 1. The lowest BCUT2D eigenvalue weighted by atomic mass is 10.1. The van der Waals surface area contributed by atoms with Crippen molar-refractivity contribution < 1.29 is 19.0 Å². The summed E-state index contributed by atoms with van der Waals surface area (Å²) in [5, 5.41) is 2.74. The molecule has 2 aromatic carbocycles. The van der Waals surface area contributed by atoms with Crippen LogP contribution in [0.1, 0.15) is 16.1 Å². The van der Waals surface area contributed by atoms with Gasteiger partial charge >= 0.3 is 5.97 Å². The molecule has 0 bridgehead atoms. The van der Waals surface area contributed by atoms with Gasteiger partial charge in [-0.1, -0.05) is 30.3 Å². The van der Waals surface area contributed by atoms with Gasteiger partial charge in [-0.15, -0.1) is 0 Å². The highest BCUT2D eigenvalue weighted by atomic mass is 79.9. The molecule has 9 heteroatoms. The Morgan fingerprint density at radius 1 is 1.17 bits per heavy atom. The number of rotatable bonds is 4. The van der Waals surface area contributed by atoms with Crippen LogP contribution in [-0.4, -0.2) is 27.4 Å². The molecule has 0 spiro atoms. The second-order valence-corrected chi connectivity index (χ2v) is 7.45. The van der Waals surface area contributed by atoms with Crippen molar-refractivity contribution in [1.29, 1.82) is 0 Å². The first-order valence-corrected chi connectivity index (χ1v) is 9.81. The minimum atomic E-state index is -0.602. The summed E-state index contributed by atoms with van der Waals surface area (Å²) in [5.41, 5.74) is 2.22. The molecule has 5 rings (SSSR count). The molecule has 1 aliphatic rings. The highest BCUT2D eigenvalue weighted by Crippen LogP contribution is 2.40. The van der Waals surface area contributed by atoms with Crippen molar-refractivity contribution in [3.63, 3.8) is 0 Å². The molecule has 1 N–H and O–H groups in total. The number of halogens is 1. The van der Waals surface area contributed by atoms with Crippen LogP contribution in [0, 0.1) is 0 Å². The first-order chi connectivity index (χ1) is 14.6. The number of carbonyl (C=O) groups is 1.